The number of carbonyl (C=O) groups is 2. The Labute approximate surface area is 117 Å². The Balaban J connectivity index is 1.99. The Kier molecular flexibility index (Phi) is 8.52. The van der Waals surface area contributed by atoms with Crippen molar-refractivity contribution in [2.45, 2.75) is 71.1 Å². The molecule has 1 rings (SSSR count). The molecule has 0 aliphatic heterocycles. The highest BCUT2D eigenvalue weighted by molar-refractivity contribution is 5.69. The van der Waals surface area contributed by atoms with Gasteiger partial charge in [-0.25, -0.2) is 0 Å². The number of hydrogen-bond donors (Lipinski definition) is 0. The van der Waals surface area contributed by atoms with Gasteiger partial charge in [0, 0.05) is 12.3 Å². The third-order valence-electron chi connectivity index (χ3n) is 4.05. The fourth-order valence-electron chi connectivity index (χ4n) is 2.65. The summed E-state index contributed by atoms with van der Waals surface area (Å²) in [5.41, 5.74) is 0. The molecule has 3 heteroatoms. The maximum atomic E-state index is 11.6. The number of unbranched alkanes of at least 4 members (excludes halogenated alkanes) is 4. The molecule has 0 unspecified atom stereocenters. The van der Waals surface area contributed by atoms with Gasteiger partial charge >= 0.3 is 5.97 Å². The van der Waals surface area contributed by atoms with Crippen LogP contribution in [-0.2, 0) is 14.3 Å². The first-order valence-electron chi connectivity index (χ1n) is 7.87. The Morgan fingerprint density at radius 1 is 1.11 bits per heavy atom. The average Bonchev–Trinajstić information content (AvgIpc) is 2.45. The maximum Gasteiger partial charge on any atom is 0.305 e. The number of carbonyl (C=O) groups excluding carboxylic acids is 2. The van der Waals surface area contributed by atoms with Crippen molar-refractivity contribution in [2.75, 3.05) is 6.61 Å². The molecule has 19 heavy (non-hydrogen) atoms. The first kappa shape index (κ1) is 16.2. The van der Waals surface area contributed by atoms with Crippen LogP contribution in [0.1, 0.15) is 71.1 Å². The Bertz CT molecular complexity index is 255. The smallest absolute Gasteiger partial charge is 0.305 e. The number of aldehydes is 1. The van der Waals surface area contributed by atoms with Crippen LogP contribution >= 0.6 is 0 Å². The van der Waals surface area contributed by atoms with E-state index in [1.807, 2.05) is 0 Å². The lowest BCUT2D eigenvalue weighted by Crippen LogP contribution is -2.21. The van der Waals surface area contributed by atoms with Gasteiger partial charge in [0.2, 0.25) is 0 Å². The van der Waals surface area contributed by atoms with Gasteiger partial charge in [-0.2, -0.15) is 0 Å². The van der Waals surface area contributed by atoms with Gasteiger partial charge in [-0.05, 0) is 38.0 Å². The Hall–Kier alpha value is -0.860. The molecule has 0 N–H and O–H groups in total. The molecular weight excluding hydrogens is 240 g/mol. The third-order valence-corrected chi connectivity index (χ3v) is 4.05. The van der Waals surface area contributed by atoms with E-state index in [9.17, 15) is 9.59 Å². The minimum absolute atomic E-state index is 0.0472. The van der Waals surface area contributed by atoms with E-state index in [1.54, 1.807) is 0 Å². The topological polar surface area (TPSA) is 43.4 Å². The monoisotopic (exact) mass is 268 g/mol. The van der Waals surface area contributed by atoms with Crippen LogP contribution in [0.3, 0.4) is 0 Å². The van der Waals surface area contributed by atoms with Crippen LogP contribution in [-0.4, -0.2) is 18.9 Å². The summed E-state index contributed by atoms with van der Waals surface area (Å²) in [6.07, 6.45) is 11.4. The molecule has 0 aromatic rings. The van der Waals surface area contributed by atoms with Crippen LogP contribution < -0.4 is 0 Å². The summed E-state index contributed by atoms with van der Waals surface area (Å²) in [4.78, 5) is 22.2. The van der Waals surface area contributed by atoms with E-state index in [0.717, 1.165) is 44.8 Å². The van der Waals surface area contributed by atoms with Gasteiger partial charge in [0.25, 0.3) is 0 Å². The lowest BCUT2D eigenvalue weighted by Gasteiger charge is -2.24. The molecule has 0 saturated heterocycles. The molecule has 0 spiro atoms. The summed E-state index contributed by atoms with van der Waals surface area (Å²) in [6, 6.07) is 0. The first-order valence-corrected chi connectivity index (χ1v) is 7.87. The van der Waals surface area contributed by atoms with E-state index >= 15 is 0 Å². The lowest BCUT2D eigenvalue weighted by atomic mass is 9.83. The number of hydrogen-bond acceptors (Lipinski definition) is 3. The lowest BCUT2D eigenvalue weighted by molar-refractivity contribution is -0.145. The fourth-order valence-corrected chi connectivity index (χ4v) is 2.65. The zero-order chi connectivity index (χ0) is 13.9. The van der Waals surface area contributed by atoms with Crippen molar-refractivity contribution in [2.24, 2.45) is 11.8 Å². The van der Waals surface area contributed by atoms with Gasteiger partial charge in [-0.3, -0.25) is 4.79 Å². The molecule has 0 aromatic heterocycles. The number of ether oxygens (including phenoxy) is 1. The molecule has 110 valence electrons. The van der Waals surface area contributed by atoms with Gasteiger partial charge in [0.1, 0.15) is 6.29 Å². The quantitative estimate of drug-likeness (QED) is 0.362. The summed E-state index contributed by atoms with van der Waals surface area (Å²) in [5, 5.41) is 0. The maximum absolute atomic E-state index is 11.6. The van der Waals surface area contributed by atoms with Crippen LogP contribution in [0.5, 0.6) is 0 Å². The van der Waals surface area contributed by atoms with Crippen LogP contribution in [0, 0.1) is 11.8 Å². The van der Waals surface area contributed by atoms with Gasteiger partial charge in [-0.1, -0.05) is 32.6 Å². The molecule has 0 atom stereocenters. The molecule has 0 radical (unpaired) electrons. The summed E-state index contributed by atoms with van der Waals surface area (Å²) in [7, 11) is 0. The molecule has 3 nitrogen and oxygen atoms in total. The van der Waals surface area contributed by atoms with Crippen molar-refractivity contribution < 1.29 is 14.3 Å². The molecule has 1 aliphatic rings. The Morgan fingerprint density at radius 2 is 1.79 bits per heavy atom. The van der Waals surface area contributed by atoms with Gasteiger partial charge in [0.15, 0.2) is 0 Å². The average molecular weight is 268 g/mol. The first-order chi connectivity index (χ1) is 9.26. The predicted molar refractivity (Wildman–Crippen MR) is 75.8 cm³/mol. The predicted octanol–water partition coefficient (Wildman–Crippen LogP) is 3.90. The van der Waals surface area contributed by atoms with Crippen molar-refractivity contribution in [1.82, 2.24) is 0 Å². The van der Waals surface area contributed by atoms with E-state index in [2.05, 4.69) is 6.92 Å². The minimum Gasteiger partial charge on any atom is -0.465 e. The molecule has 0 aromatic carbocycles. The largest absolute Gasteiger partial charge is 0.465 e. The van der Waals surface area contributed by atoms with Crippen LogP contribution in [0.4, 0.5) is 0 Å². The summed E-state index contributed by atoms with van der Waals surface area (Å²) in [6.45, 7) is 2.74. The van der Waals surface area contributed by atoms with Crippen LogP contribution in [0.15, 0.2) is 0 Å². The van der Waals surface area contributed by atoms with Crippen molar-refractivity contribution in [3.63, 3.8) is 0 Å². The SMILES string of the molecule is CCCCCCCC(=O)OCC1CCC(C=O)CC1. The van der Waals surface area contributed by atoms with Crippen LogP contribution in [0.25, 0.3) is 0 Å². The van der Waals surface area contributed by atoms with Gasteiger partial charge in [0.05, 0.1) is 6.61 Å². The molecule has 0 heterocycles. The highest BCUT2D eigenvalue weighted by Crippen LogP contribution is 2.27. The molecular formula is C16H28O3. The van der Waals surface area contributed by atoms with Gasteiger partial charge < -0.3 is 9.53 Å². The molecule has 0 bridgehead atoms. The molecule has 1 fully saturated rings. The normalized spacial score (nSPS) is 23.0. The summed E-state index contributed by atoms with van der Waals surface area (Å²) < 4.78 is 5.33. The second kappa shape index (κ2) is 9.99. The zero-order valence-electron chi connectivity index (χ0n) is 12.2. The zero-order valence-corrected chi connectivity index (χ0v) is 12.2. The van der Waals surface area contributed by atoms with Crippen molar-refractivity contribution in [3.8, 4) is 0 Å². The number of rotatable bonds is 9. The Morgan fingerprint density at radius 3 is 2.42 bits per heavy atom. The fraction of sp³-hybridized carbons (Fsp3) is 0.875. The van der Waals surface area contributed by atoms with E-state index < -0.39 is 0 Å². The van der Waals surface area contributed by atoms with E-state index in [1.165, 1.54) is 19.3 Å². The highest BCUT2D eigenvalue weighted by Gasteiger charge is 2.21. The summed E-state index contributed by atoms with van der Waals surface area (Å²) in [5.74, 6) is 0.666. The van der Waals surface area contributed by atoms with E-state index in [4.69, 9.17) is 4.74 Å². The minimum atomic E-state index is -0.0472. The van der Waals surface area contributed by atoms with Crippen molar-refractivity contribution >= 4 is 12.3 Å². The standard InChI is InChI=1S/C16H28O3/c1-2-3-4-5-6-7-16(18)19-13-15-10-8-14(12-17)9-11-15/h12,14-15H,2-11,13H2,1H3. The van der Waals surface area contributed by atoms with Crippen molar-refractivity contribution in [3.05, 3.63) is 0 Å². The molecule has 0 amide bonds. The third kappa shape index (κ3) is 7.34. The van der Waals surface area contributed by atoms with Gasteiger partial charge in [-0.15, -0.1) is 0 Å². The molecule has 1 saturated carbocycles. The second-order valence-electron chi connectivity index (χ2n) is 5.76. The number of esters is 1. The van der Waals surface area contributed by atoms with Crippen molar-refractivity contribution in [1.29, 1.82) is 0 Å². The summed E-state index contributed by atoms with van der Waals surface area (Å²) >= 11 is 0. The molecule has 1 aliphatic carbocycles. The van der Waals surface area contributed by atoms with E-state index in [-0.39, 0.29) is 11.9 Å². The van der Waals surface area contributed by atoms with Crippen LogP contribution in [0.2, 0.25) is 0 Å². The highest BCUT2D eigenvalue weighted by atomic mass is 16.5. The van der Waals surface area contributed by atoms with E-state index in [0.29, 0.717) is 18.9 Å². The second-order valence-corrected chi connectivity index (χ2v) is 5.76.